The number of hydrogen-bond acceptors (Lipinski definition) is 5. The van der Waals surface area contributed by atoms with Gasteiger partial charge in [-0.05, 0) is 36.4 Å². The molecule has 1 aliphatic heterocycles. The molecule has 2 aromatic heterocycles. The number of nitrogens with zero attached hydrogens (tertiary/aromatic N) is 5. The first-order chi connectivity index (χ1) is 15.1. The van der Waals surface area contributed by atoms with E-state index in [4.69, 9.17) is 4.74 Å². The van der Waals surface area contributed by atoms with E-state index in [0.717, 1.165) is 5.69 Å². The molecule has 1 saturated heterocycles. The molecule has 1 aliphatic rings. The van der Waals surface area contributed by atoms with E-state index in [9.17, 15) is 14.0 Å². The first-order valence-electron chi connectivity index (χ1n) is 9.56. The van der Waals surface area contributed by atoms with Gasteiger partial charge in [-0.1, -0.05) is 18.2 Å². The van der Waals surface area contributed by atoms with E-state index in [-0.39, 0.29) is 23.4 Å². The van der Waals surface area contributed by atoms with Crippen LogP contribution < -0.4 is 10.3 Å². The van der Waals surface area contributed by atoms with E-state index in [1.165, 1.54) is 34.0 Å². The Morgan fingerprint density at radius 2 is 1.81 bits per heavy atom. The maximum atomic E-state index is 14.9. The molecule has 0 radical (unpaired) electrons. The molecule has 31 heavy (non-hydrogen) atoms. The van der Waals surface area contributed by atoms with Crippen LogP contribution in [0, 0.1) is 5.82 Å². The number of para-hydroxylation sites is 1. The number of cyclic esters (lactones) is 1. The summed E-state index contributed by atoms with van der Waals surface area (Å²) in [5, 5.41) is 8.66. The number of benzene rings is 2. The molecule has 0 bridgehead atoms. The summed E-state index contributed by atoms with van der Waals surface area (Å²) < 4.78 is 22.7. The lowest BCUT2D eigenvalue weighted by Gasteiger charge is -2.15. The van der Waals surface area contributed by atoms with Gasteiger partial charge >= 0.3 is 6.09 Å². The Kier molecular flexibility index (Phi) is 4.55. The van der Waals surface area contributed by atoms with Gasteiger partial charge in [-0.25, -0.2) is 18.5 Å². The van der Waals surface area contributed by atoms with Gasteiger partial charge in [-0.2, -0.15) is 10.2 Å². The molecule has 0 aliphatic carbocycles. The largest absolute Gasteiger partial charge is 0.447 e. The van der Waals surface area contributed by atoms with E-state index in [2.05, 4.69) is 10.2 Å². The van der Waals surface area contributed by atoms with Crippen LogP contribution in [-0.2, 0) is 4.74 Å². The number of halogens is 1. The quantitative estimate of drug-likeness (QED) is 0.509. The first-order valence-corrected chi connectivity index (χ1v) is 9.56. The SMILES string of the molecule is O=C1OCCN1c1ccc(-n2ccc(=O)c(-c3ccnn3-c3ccccc3)n2)c(F)c1. The molecule has 4 aromatic rings. The molecule has 0 spiro atoms. The molecule has 2 aromatic carbocycles. The zero-order chi connectivity index (χ0) is 21.4. The average Bonchev–Trinajstić information content (AvgIpc) is 3.44. The minimum absolute atomic E-state index is 0.135. The molecule has 3 heterocycles. The number of ether oxygens (including phenoxy) is 1. The number of hydrogen-bond donors (Lipinski definition) is 0. The normalized spacial score (nSPS) is 13.5. The summed E-state index contributed by atoms with van der Waals surface area (Å²) in [6.45, 7) is 0.628. The molecule has 0 unspecified atom stereocenters. The number of amides is 1. The van der Waals surface area contributed by atoms with Crippen LogP contribution in [0.2, 0.25) is 0 Å². The zero-order valence-corrected chi connectivity index (χ0v) is 16.2. The second-order valence-corrected chi connectivity index (χ2v) is 6.84. The fourth-order valence-corrected chi connectivity index (χ4v) is 3.45. The molecule has 8 nitrogen and oxygen atoms in total. The number of aromatic nitrogens is 4. The molecule has 9 heteroatoms. The van der Waals surface area contributed by atoms with Gasteiger partial charge in [0.15, 0.2) is 11.5 Å². The van der Waals surface area contributed by atoms with Gasteiger partial charge in [-0.15, -0.1) is 0 Å². The molecule has 5 rings (SSSR count). The third kappa shape index (κ3) is 3.35. The lowest BCUT2D eigenvalue weighted by atomic mass is 10.2. The highest BCUT2D eigenvalue weighted by molar-refractivity contribution is 5.89. The van der Waals surface area contributed by atoms with Crippen molar-refractivity contribution in [3.05, 3.63) is 89.1 Å². The first kappa shape index (κ1) is 18.7. The van der Waals surface area contributed by atoms with Gasteiger partial charge in [-0.3, -0.25) is 9.69 Å². The number of carbonyl (C=O) groups excluding carboxylic acids is 1. The zero-order valence-electron chi connectivity index (χ0n) is 16.2. The molecular weight excluding hydrogens is 401 g/mol. The summed E-state index contributed by atoms with van der Waals surface area (Å²) in [5.41, 5.74) is 1.62. The standard InChI is InChI=1S/C22H16FN5O3/c23-17-14-16(26-12-13-31-22(26)30)6-7-18(17)27-11-9-20(29)21(25-27)19-8-10-24-28(19)15-4-2-1-3-5-15/h1-11,14H,12-13H2. The number of anilines is 1. The van der Waals surface area contributed by atoms with Crippen molar-refractivity contribution in [1.82, 2.24) is 19.6 Å². The third-order valence-electron chi connectivity index (χ3n) is 4.94. The van der Waals surface area contributed by atoms with Crippen molar-refractivity contribution in [2.24, 2.45) is 0 Å². The summed E-state index contributed by atoms with van der Waals surface area (Å²) >= 11 is 0. The van der Waals surface area contributed by atoms with E-state index in [0.29, 0.717) is 17.9 Å². The van der Waals surface area contributed by atoms with Gasteiger partial charge in [0.1, 0.15) is 12.3 Å². The molecule has 0 N–H and O–H groups in total. The van der Waals surface area contributed by atoms with Crippen molar-refractivity contribution < 1.29 is 13.9 Å². The van der Waals surface area contributed by atoms with Crippen molar-refractivity contribution in [3.63, 3.8) is 0 Å². The van der Waals surface area contributed by atoms with Gasteiger partial charge in [0.2, 0.25) is 5.43 Å². The average molecular weight is 417 g/mol. The van der Waals surface area contributed by atoms with Crippen LogP contribution in [-0.4, -0.2) is 38.8 Å². The van der Waals surface area contributed by atoms with Crippen LogP contribution in [0.15, 0.2) is 77.9 Å². The molecular formula is C22H16FN5O3. The van der Waals surface area contributed by atoms with Crippen LogP contribution in [0.5, 0.6) is 0 Å². The molecule has 1 fully saturated rings. The highest BCUT2D eigenvalue weighted by Gasteiger charge is 2.24. The van der Waals surface area contributed by atoms with Crippen LogP contribution >= 0.6 is 0 Å². The predicted octanol–water partition coefficient (Wildman–Crippen LogP) is 3.18. The van der Waals surface area contributed by atoms with E-state index < -0.39 is 11.9 Å². The monoisotopic (exact) mass is 417 g/mol. The molecule has 154 valence electrons. The van der Waals surface area contributed by atoms with E-state index in [1.54, 1.807) is 23.0 Å². The summed E-state index contributed by atoms with van der Waals surface area (Å²) in [6, 6.07) is 16.7. The minimum atomic E-state index is -0.587. The lowest BCUT2D eigenvalue weighted by molar-refractivity contribution is 0.181. The minimum Gasteiger partial charge on any atom is -0.447 e. The lowest BCUT2D eigenvalue weighted by Crippen LogP contribution is -2.23. The molecule has 0 atom stereocenters. The number of carbonyl (C=O) groups is 1. The summed E-state index contributed by atoms with van der Waals surface area (Å²) in [7, 11) is 0. The fourth-order valence-electron chi connectivity index (χ4n) is 3.45. The van der Waals surface area contributed by atoms with Gasteiger partial charge in [0.05, 0.1) is 29.8 Å². The van der Waals surface area contributed by atoms with Crippen molar-refractivity contribution in [3.8, 4) is 22.8 Å². The van der Waals surface area contributed by atoms with Gasteiger partial charge in [0.25, 0.3) is 0 Å². The maximum Gasteiger partial charge on any atom is 0.414 e. The Hall–Kier alpha value is -4.27. The van der Waals surface area contributed by atoms with Crippen LogP contribution in [0.4, 0.5) is 14.9 Å². The Labute approximate surface area is 175 Å². The Morgan fingerprint density at radius 3 is 2.55 bits per heavy atom. The predicted molar refractivity (Wildman–Crippen MR) is 111 cm³/mol. The fraction of sp³-hybridized carbons (Fsp3) is 0.0909. The summed E-state index contributed by atoms with van der Waals surface area (Å²) in [6.07, 6.45) is 2.47. The second-order valence-electron chi connectivity index (χ2n) is 6.84. The maximum absolute atomic E-state index is 14.9. The highest BCUT2D eigenvalue weighted by atomic mass is 19.1. The van der Waals surface area contributed by atoms with Crippen LogP contribution in [0.3, 0.4) is 0 Å². The van der Waals surface area contributed by atoms with Crippen molar-refractivity contribution in [2.45, 2.75) is 0 Å². The Balaban J connectivity index is 1.56. The van der Waals surface area contributed by atoms with E-state index in [1.807, 2.05) is 30.3 Å². The second kappa shape index (κ2) is 7.52. The van der Waals surface area contributed by atoms with Crippen LogP contribution in [0.25, 0.3) is 22.8 Å². The Bertz CT molecular complexity index is 1330. The molecule has 0 saturated carbocycles. The number of rotatable bonds is 4. The summed E-state index contributed by atoms with van der Waals surface area (Å²) in [4.78, 5) is 25.6. The van der Waals surface area contributed by atoms with Gasteiger partial charge in [0, 0.05) is 12.3 Å². The molecule has 1 amide bonds. The van der Waals surface area contributed by atoms with Crippen molar-refractivity contribution >= 4 is 11.8 Å². The topological polar surface area (TPSA) is 82.3 Å². The smallest absolute Gasteiger partial charge is 0.414 e. The Morgan fingerprint density at radius 1 is 0.968 bits per heavy atom. The van der Waals surface area contributed by atoms with Crippen LogP contribution in [0.1, 0.15) is 0 Å². The van der Waals surface area contributed by atoms with E-state index >= 15 is 0 Å². The summed E-state index contributed by atoms with van der Waals surface area (Å²) in [5.74, 6) is -0.587. The van der Waals surface area contributed by atoms with Crippen molar-refractivity contribution in [1.29, 1.82) is 0 Å². The third-order valence-corrected chi connectivity index (χ3v) is 4.94. The highest BCUT2D eigenvalue weighted by Crippen LogP contribution is 2.24. The van der Waals surface area contributed by atoms with Gasteiger partial charge < -0.3 is 4.74 Å². The van der Waals surface area contributed by atoms with Crippen molar-refractivity contribution in [2.75, 3.05) is 18.1 Å².